The summed E-state index contributed by atoms with van der Waals surface area (Å²) in [4.78, 5) is 8.79. The third kappa shape index (κ3) is 4.06. The van der Waals surface area contributed by atoms with Gasteiger partial charge in [-0.25, -0.2) is 4.98 Å². The summed E-state index contributed by atoms with van der Waals surface area (Å²) in [7, 11) is 0. The van der Waals surface area contributed by atoms with Crippen LogP contribution in [0.5, 0.6) is 0 Å². The van der Waals surface area contributed by atoms with Crippen LogP contribution in [0.25, 0.3) is 0 Å². The molecule has 1 aliphatic carbocycles. The Balaban J connectivity index is 1.98. The van der Waals surface area contributed by atoms with Gasteiger partial charge in [-0.05, 0) is 40.6 Å². The van der Waals surface area contributed by atoms with Crippen LogP contribution < -0.4 is 10.6 Å². The molecule has 1 aromatic heterocycles. The molecule has 1 fully saturated rings. The maximum Gasteiger partial charge on any atom is 0.224 e. The minimum absolute atomic E-state index is 0.418. The van der Waals surface area contributed by atoms with Crippen molar-refractivity contribution in [3.63, 3.8) is 0 Å². The Kier molecular flexibility index (Phi) is 5.02. The zero-order chi connectivity index (χ0) is 13.7. The second kappa shape index (κ2) is 6.55. The predicted molar refractivity (Wildman–Crippen MR) is 83.6 cm³/mol. The molecule has 5 heteroatoms. The van der Waals surface area contributed by atoms with E-state index in [-0.39, 0.29) is 0 Å². The normalized spacial score (nSPS) is 17.4. The number of hydrogen-bond acceptors (Lipinski definition) is 4. The number of anilines is 2. The van der Waals surface area contributed by atoms with Crippen molar-refractivity contribution in [3.8, 4) is 0 Å². The molecule has 1 aliphatic rings. The van der Waals surface area contributed by atoms with Gasteiger partial charge in [-0.15, -0.1) is 0 Å². The van der Waals surface area contributed by atoms with Gasteiger partial charge < -0.3 is 10.6 Å². The summed E-state index contributed by atoms with van der Waals surface area (Å²) in [6.45, 7) is 6.37. The van der Waals surface area contributed by atoms with Gasteiger partial charge >= 0.3 is 0 Å². The van der Waals surface area contributed by atoms with Crippen molar-refractivity contribution in [2.24, 2.45) is 5.41 Å². The van der Waals surface area contributed by atoms with Crippen LogP contribution in [0.1, 0.15) is 46.0 Å². The van der Waals surface area contributed by atoms with Crippen LogP contribution in [-0.2, 0) is 0 Å². The average Bonchev–Trinajstić information content (AvgIpc) is 2.84. The Morgan fingerprint density at radius 3 is 2.74 bits per heavy atom. The van der Waals surface area contributed by atoms with Crippen LogP contribution in [0.15, 0.2) is 10.7 Å². The molecule has 1 saturated carbocycles. The number of hydrogen-bond donors (Lipinski definition) is 2. The molecule has 0 unspecified atom stereocenters. The predicted octanol–water partition coefficient (Wildman–Crippen LogP) is 4.05. The Labute approximate surface area is 123 Å². The van der Waals surface area contributed by atoms with Crippen LogP contribution in [0.4, 0.5) is 11.8 Å². The van der Waals surface area contributed by atoms with Gasteiger partial charge in [0.15, 0.2) is 0 Å². The van der Waals surface area contributed by atoms with Gasteiger partial charge in [0.1, 0.15) is 5.82 Å². The Morgan fingerprint density at radius 1 is 1.32 bits per heavy atom. The maximum absolute atomic E-state index is 4.52. The lowest BCUT2D eigenvalue weighted by atomic mass is 9.89. The quantitative estimate of drug-likeness (QED) is 0.827. The van der Waals surface area contributed by atoms with E-state index in [1.807, 2.05) is 6.20 Å². The molecule has 0 aliphatic heterocycles. The van der Waals surface area contributed by atoms with E-state index in [1.165, 1.54) is 25.7 Å². The minimum Gasteiger partial charge on any atom is -0.368 e. The SMILES string of the molecule is CCCNc1ncc(Br)c(NCC2(C)CCCC2)n1. The summed E-state index contributed by atoms with van der Waals surface area (Å²) >= 11 is 3.51. The number of halogens is 1. The van der Waals surface area contributed by atoms with E-state index in [0.29, 0.717) is 11.4 Å². The molecule has 0 radical (unpaired) electrons. The first kappa shape index (κ1) is 14.6. The van der Waals surface area contributed by atoms with Gasteiger partial charge in [0, 0.05) is 19.3 Å². The van der Waals surface area contributed by atoms with Gasteiger partial charge in [0.2, 0.25) is 5.95 Å². The van der Waals surface area contributed by atoms with Crippen LogP contribution in [0.2, 0.25) is 0 Å². The third-order valence-corrected chi connectivity index (χ3v) is 4.35. The van der Waals surface area contributed by atoms with Crippen molar-refractivity contribution in [2.75, 3.05) is 23.7 Å². The summed E-state index contributed by atoms with van der Waals surface area (Å²) in [6.07, 6.45) is 8.21. The highest BCUT2D eigenvalue weighted by Crippen LogP contribution is 2.37. The zero-order valence-corrected chi connectivity index (χ0v) is 13.4. The maximum atomic E-state index is 4.52. The summed E-state index contributed by atoms with van der Waals surface area (Å²) < 4.78 is 0.927. The molecule has 1 aromatic rings. The lowest BCUT2D eigenvalue weighted by Gasteiger charge is -2.24. The number of rotatable bonds is 6. The van der Waals surface area contributed by atoms with Crippen molar-refractivity contribution in [2.45, 2.75) is 46.0 Å². The smallest absolute Gasteiger partial charge is 0.224 e. The van der Waals surface area contributed by atoms with E-state index in [4.69, 9.17) is 0 Å². The topological polar surface area (TPSA) is 49.8 Å². The molecule has 2 rings (SSSR count). The molecule has 0 bridgehead atoms. The van der Waals surface area contributed by atoms with E-state index < -0.39 is 0 Å². The summed E-state index contributed by atoms with van der Waals surface area (Å²) in [5.74, 6) is 1.59. The summed E-state index contributed by atoms with van der Waals surface area (Å²) in [6, 6.07) is 0. The first-order chi connectivity index (χ1) is 9.13. The zero-order valence-electron chi connectivity index (χ0n) is 11.8. The van der Waals surface area contributed by atoms with Gasteiger partial charge in [-0.2, -0.15) is 4.98 Å². The van der Waals surface area contributed by atoms with Crippen molar-refractivity contribution in [3.05, 3.63) is 10.7 Å². The second-order valence-corrected chi connectivity index (χ2v) is 6.54. The van der Waals surface area contributed by atoms with Crippen molar-refractivity contribution >= 4 is 27.7 Å². The molecule has 106 valence electrons. The third-order valence-electron chi connectivity index (χ3n) is 3.77. The molecule has 0 saturated heterocycles. The van der Waals surface area contributed by atoms with E-state index in [1.54, 1.807) is 0 Å². The van der Waals surface area contributed by atoms with E-state index >= 15 is 0 Å². The highest BCUT2D eigenvalue weighted by molar-refractivity contribution is 9.10. The molecule has 2 N–H and O–H groups in total. The lowest BCUT2D eigenvalue weighted by molar-refractivity contribution is 0.361. The van der Waals surface area contributed by atoms with Crippen LogP contribution in [-0.4, -0.2) is 23.1 Å². The van der Waals surface area contributed by atoms with Crippen molar-refractivity contribution in [1.29, 1.82) is 0 Å². The minimum atomic E-state index is 0.418. The highest BCUT2D eigenvalue weighted by Gasteiger charge is 2.28. The molecule has 1 heterocycles. The van der Waals surface area contributed by atoms with Gasteiger partial charge in [-0.3, -0.25) is 0 Å². The molecule has 0 aromatic carbocycles. The number of aromatic nitrogens is 2. The van der Waals surface area contributed by atoms with Gasteiger partial charge in [0.05, 0.1) is 4.47 Å². The van der Waals surface area contributed by atoms with Gasteiger partial charge in [-0.1, -0.05) is 26.7 Å². The monoisotopic (exact) mass is 326 g/mol. The largest absolute Gasteiger partial charge is 0.368 e. The summed E-state index contributed by atoms with van der Waals surface area (Å²) in [5, 5.41) is 6.69. The molecular formula is C14H23BrN4. The Hall–Kier alpha value is -0.840. The van der Waals surface area contributed by atoms with Crippen LogP contribution in [0.3, 0.4) is 0 Å². The van der Waals surface area contributed by atoms with Crippen molar-refractivity contribution < 1.29 is 0 Å². The molecule has 0 atom stereocenters. The summed E-state index contributed by atoms with van der Waals surface area (Å²) in [5.41, 5.74) is 0.418. The standard InChI is InChI=1S/C14H23BrN4/c1-3-8-16-13-17-9-11(15)12(19-13)18-10-14(2)6-4-5-7-14/h9H,3-8,10H2,1-2H3,(H2,16,17,18,19). The molecule has 4 nitrogen and oxygen atoms in total. The fourth-order valence-electron chi connectivity index (χ4n) is 2.52. The Bertz CT molecular complexity index is 416. The Morgan fingerprint density at radius 2 is 2.05 bits per heavy atom. The molecule has 19 heavy (non-hydrogen) atoms. The fourth-order valence-corrected chi connectivity index (χ4v) is 2.85. The second-order valence-electron chi connectivity index (χ2n) is 5.69. The first-order valence-electron chi connectivity index (χ1n) is 7.13. The van der Waals surface area contributed by atoms with Crippen molar-refractivity contribution in [1.82, 2.24) is 9.97 Å². The molecule has 0 spiro atoms. The van der Waals surface area contributed by atoms with E-state index in [0.717, 1.165) is 29.8 Å². The van der Waals surface area contributed by atoms with E-state index in [9.17, 15) is 0 Å². The van der Waals surface area contributed by atoms with E-state index in [2.05, 4.69) is 50.4 Å². The van der Waals surface area contributed by atoms with Gasteiger partial charge in [0.25, 0.3) is 0 Å². The van der Waals surface area contributed by atoms with Crippen LogP contribution in [0, 0.1) is 5.41 Å². The average molecular weight is 327 g/mol. The fraction of sp³-hybridized carbons (Fsp3) is 0.714. The van der Waals surface area contributed by atoms with Crippen LogP contribution >= 0.6 is 15.9 Å². The number of nitrogens with one attached hydrogen (secondary N) is 2. The highest BCUT2D eigenvalue weighted by atomic mass is 79.9. The number of nitrogens with zero attached hydrogens (tertiary/aromatic N) is 2. The molecular weight excluding hydrogens is 304 g/mol. The first-order valence-corrected chi connectivity index (χ1v) is 7.92. The lowest BCUT2D eigenvalue weighted by Crippen LogP contribution is -2.23. The molecule has 0 amide bonds.